The average molecular weight is 165 g/mol. The van der Waals surface area contributed by atoms with Gasteiger partial charge < -0.3 is 16.4 Å². The van der Waals surface area contributed by atoms with E-state index in [0.29, 0.717) is 5.82 Å². The molecule has 0 aromatic carbocycles. The molecule has 0 spiro atoms. The minimum Gasteiger partial charge on any atom is -0.382 e. The minimum atomic E-state index is 0.449. The van der Waals surface area contributed by atoms with Crippen LogP contribution in [0.1, 0.15) is 6.42 Å². The topological polar surface area (TPSA) is 75.9 Å². The van der Waals surface area contributed by atoms with Crippen molar-refractivity contribution in [3.8, 4) is 0 Å². The Kier molecular flexibility index (Phi) is 1.69. The first-order valence-electron chi connectivity index (χ1n) is 3.96. The summed E-state index contributed by atoms with van der Waals surface area (Å²) < 4.78 is 0. The molecule has 0 atom stereocenters. The van der Waals surface area contributed by atoms with Crippen LogP contribution in [0.15, 0.2) is 6.20 Å². The quantitative estimate of drug-likeness (QED) is 0.515. The average Bonchev–Trinajstić information content (AvgIpc) is 2.28. The van der Waals surface area contributed by atoms with Crippen LogP contribution in [-0.2, 0) is 0 Å². The van der Waals surface area contributed by atoms with Crippen molar-refractivity contribution in [3.05, 3.63) is 6.20 Å². The van der Waals surface area contributed by atoms with E-state index in [2.05, 4.69) is 20.6 Å². The summed E-state index contributed by atoms with van der Waals surface area (Å²) in [7, 11) is 0. The van der Waals surface area contributed by atoms with Crippen LogP contribution in [0, 0.1) is 0 Å². The van der Waals surface area contributed by atoms with E-state index in [-0.39, 0.29) is 0 Å². The van der Waals surface area contributed by atoms with Crippen LogP contribution in [-0.4, -0.2) is 23.1 Å². The number of rotatable bonds is 0. The molecule has 12 heavy (non-hydrogen) atoms. The zero-order valence-corrected chi connectivity index (χ0v) is 6.67. The van der Waals surface area contributed by atoms with Crippen molar-refractivity contribution in [1.29, 1.82) is 0 Å². The Labute approximate surface area is 70.4 Å². The second-order valence-corrected chi connectivity index (χ2v) is 2.70. The monoisotopic (exact) mass is 165 g/mol. The Hall–Kier alpha value is -1.52. The van der Waals surface area contributed by atoms with Crippen molar-refractivity contribution in [1.82, 2.24) is 9.97 Å². The SMILES string of the molecule is Nc1cnc2c(n1)NCCCN2. The van der Waals surface area contributed by atoms with Crippen molar-refractivity contribution >= 4 is 17.5 Å². The molecule has 4 N–H and O–H groups in total. The Morgan fingerprint density at radius 3 is 2.83 bits per heavy atom. The highest BCUT2D eigenvalue weighted by Gasteiger charge is 2.08. The molecule has 64 valence electrons. The fourth-order valence-corrected chi connectivity index (χ4v) is 1.16. The van der Waals surface area contributed by atoms with E-state index in [4.69, 9.17) is 5.73 Å². The molecule has 0 bridgehead atoms. The van der Waals surface area contributed by atoms with Crippen LogP contribution in [0.2, 0.25) is 0 Å². The van der Waals surface area contributed by atoms with Gasteiger partial charge in [0, 0.05) is 13.1 Å². The molecule has 1 aromatic heterocycles. The Morgan fingerprint density at radius 2 is 2.00 bits per heavy atom. The number of fused-ring (bicyclic) bond motifs is 1. The van der Waals surface area contributed by atoms with Gasteiger partial charge in [-0.2, -0.15) is 0 Å². The molecule has 1 aromatic rings. The summed E-state index contributed by atoms with van der Waals surface area (Å²) in [5, 5.41) is 6.31. The van der Waals surface area contributed by atoms with Gasteiger partial charge in [-0.05, 0) is 6.42 Å². The summed E-state index contributed by atoms with van der Waals surface area (Å²) in [6.45, 7) is 1.84. The molecule has 5 nitrogen and oxygen atoms in total. The highest BCUT2D eigenvalue weighted by atomic mass is 15.1. The fraction of sp³-hybridized carbons (Fsp3) is 0.429. The van der Waals surface area contributed by atoms with Gasteiger partial charge in [0.05, 0.1) is 6.20 Å². The molecular weight excluding hydrogens is 154 g/mol. The largest absolute Gasteiger partial charge is 0.382 e. The molecule has 0 amide bonds. The van der Waals surface area contributed by atoms with Crippen molar-refractivity contribution < 1.29 is 0 Å². The van der Waals surface area contributed by atoms with E-state index in [0.717, 1.165) is 31.1 Å². The predicted octanol–water partition coefficient (Wildman–Crippen LogP) is 0.286. The summed E-state index contributed by atoms with van der Waals surface area (Å²) in [6, 6.07) is 0. The Balaban J connectivity index is 2.36. The van der Waals surface area contributed by atoms with Crippen LogP contribution in [0.4, 0.5) is 17.5 Å². The highest BCUT2D eigenvalue weighted by molar-refractivity contribution is 5.61. The van der Waals surface area contributed by atoms with Gasteiger partial charge in [0.15, 0.2) is 11.6 Å². The number of nitrogen functional groups attached to an aromatic ring is 1. The lowest BCUT2D eigenvalue weighted by Gasteiger charge is -2.05. The zero-order chi connectivity index (χ0) is 8.39. The molecule has 0 saturated heterocycles. The molecule has 0 radical (unpaired) electrons. The highest BCUT2D eigenvalue weighted by Crippen LogP contribution is 2.18. The van der Waals surface area contributed by atoms with Crippen molar-refractivity contribution in [2.75, 3.05) is 29.5 Å². The van der Waals surface area contributed by atoms with Crippen molar-refractivity contribution in [2.45, 2.75) is 6.42 Å². The minimum absolute atomic E-state index is 0.449. The van der Waals surface area contributed by atoms with E-state index in [1.54, 1.807) is 6.20 Å². The molecule has 0 aliphatic carbocycles. The van der Waals surface area contributed by atoms with Crippen LogP contribution in [0.5, 0.6) is 0 Å². The first-order chi connectivity index (χ1) is 5.86. The maximum atomic E-state index is 5.49. The van der Waals surface area contributed by atoms with Crippen LogP contribution in [0.25, 0.3) is 0 Å². The van der Waals surface area contributed by atoms with Crippen LogP contribution in [0.3, 0.4) is 0 Å². The molecule has 5 heteroatoms. The van der Waals surface area contributed by atoms with Gasteiger partial charge in [0.2, 0.25) is 0 Å². The molecule has 0 unspecified atom stereocenters. The lowest BCUT2D eigenvalue weighted by molar-refractivity contribution is 0.925. The maximum Gasteiger partial charge on any atom is 0.171 e. The number of nitrogens with zero attached hydrogens (tertiary/aromatic N) is 2. The normalized spacial score (nSPS) is 15.3. The Morgan fingerprint density at radius 1 is 1.25 bits per heavy atom. The molecule has 2 heterocycles. The van der Waals surface area contributed by atoms with E-state index >= 15 is 0 Å². The number of hydrogen-bond donors (Lipinski definition) is 3. The third-order valence-electron chi connectivity index (χ3n) is 1.73. The second kappa shape index (κ2) is 2.84. The first kappa shape index (κ1) is 7.15. The summed E-state index contributed by atoms with van der Waals surface area (Å²) >= 11 is 0. The van der Waals surface area contributed by atoms with Gasteiger partial charge in [-0.25, -0.2) is 9.97 Å². The summed E-state index contributed by atoms with van der Waals surface area (Å²) in [5.41, 5.74) is 5.49. The second-order valence-electron chi connectivity index (χ2n) is 2.70. The molecule has 1 aliphatic heterocycles. The van der Waals surface area contributed by atoms with Crippen molar-refractivity contribution in [2.24, 2.45) is 0 Å². The lowest BCUT2D eigenvalue weighted by atomic mass is 10.4. The number of hydrogen-bond acceptors (Lipinski definition) is 5. The van der Waals surface area contributed by atoms with Gasteiger partial charge in [0.1, 0.15) is 5.82 Å². The van der Waals surface area contributed by atoms with E-state index in [9.17, 15) is 0 Å². The number of nitrogens with two attached hydrogens (primary N) is 1. The van der Waals surface area contributed by atoms with Gasteiger partial charge in [-0.1, -0.05) is 0 Å². The lowest BCUT2D eigenvalue weighted by Crippen LogP contribution is -2.03. The standard InChI is InChI=1S/C7H11N5/c8-5-4-11-6-7(12-5)10-3-1-2-9-6/h4H,1-3H2,(H,9,11)(H3,8,10,12). The first-order valence-corrected chi connectivity index (χ1v) is 3.96. The molecule has 0 fully saturated rings. The van der Waals surface area contributed by atoms with E-state index < -0.39 is 0 Å². The zero-order valence-electron chi connectivity index (χ0n) is 6.67. The molecule has 0 saturated carbocycles. The fourth-order valence-electron chi connectivity index (χ4n) is 1.16. The summed E-state index contributed by atoms with van der Waals surface area (Å²) in [5.74, 6) is 2.00. The third-order valence-corrected chi connectivity index (χ3v) is 1.73. The Bertz CT molecular complexity index is 285. The van der Waals surface area contributed by atoms with Gasteiger partial charge >= 0.3 is 0 Å². The van der Waals surface area contributed by atoms with E-state index in [1.807, 2.05) is 0 Å². The van der Waals surface area contributed by atoms with Gasteiger partial charge in [0.25, 0.3) is 0 Å². The van der Waals surface area contributed by atoms with Gasteiger partial charge in [-0.15, -0.1) is 0 Å². The predicted molar refractivity (Wildman–Crippen MR) is 48.0 cm³/mol. The van der Waals surface area contributed by atoms with Crippen LogP contribution >= 0.6 is 0 Å². The number of aromatic nitrogens is 2. The maximum absolute atomic E-state index is 5.49. The van der Waals surface area contributed by atoms with E-state index in [1.165, 1.54) is 0 Å². The molecule has 1 aliphatic rings. The smallest absolute Gasteiger partial charge is 0.171 e. The van der Waals surface area contributed by atoms with Crippen LogP contribution < -0.4 is 16.4 Å². The summed E-state index contributed by atoms with van der Waals surface area (Å²) in [4.78, 5) is 8.23. The van der Waals surface area contributed by atoms with Crippen molar-refractivity contribution in [3.63, 3.8) is 0 Å². The number of nitrogens with one attached hydrogen (secondary N) is 2. The third kappa shape index (κ3) is 1.25. The number of anilines is 3. The van der Waals surface area contributed by atoms with Gasteiger partial charge in [-0.3, -0.25) is 0 Å². The summed E-state index contributed by atoms with van der Waals surface area (Å²) in [6.07, 6.45) is 2.62. The molecular formula is C7H11N5. The molecule has 2 rings (SSSR count).